The number of nitrogens with zero attached hydrogens (tertiary/aromatic N) is 2. The standard InChI is InChI=1S/C10H16N4O2/c1-6-5-14(2)4-3-7(6)11-10-12-8(15)9(16)13-10/h6-7H,3-5H2,1-2H3,(H2,11,12,13,15,16). The molecule has 0 radical (unpaired) electrons. The first kappa shape index (κ1) is 11.1. The van der Waals surface area contributed by atoms with Crippen molar-refractivity contribution in [3.05, 3.63) is 0 Å². The molecule has 2 atom stereocenters. The van der Waals surface area contributed by atoms with Gasteiger partial charge in [-0.25, -0.2) is 4.99 Å². The average Bonchev–Trinajstić information content (AvgIpc) is 2.51. The number of carbonyl (C=O) groups is 2. The van der Waals surface area contributed by atoms with Crippen LogP contribution in [0.15, 0.2) is 4.99 Å². The number of aliphatic imine (C=N–C) groups is 1. The van der Waals surface area contributed by atoms with E-state index in [4.69, 9.17) is 0 Å². The summed E-state index contributed by atoms with van der Waals surface area (Å²) in [5.74, 6) is -0.518. The number of hydrogen-bond donors (Lipinski definition) is 2. The van der Waals surface area contributed by atoms with Crippen LogP contribution in [-0.2, 0) is 9.59 Å². The summed E-state index contributed by atoms with van der Waals surface area (Å²) < 4.78 is 0. The predicted octanol–water partition coefficient (Wildman–Crippen LogP) is -1.07. The monoisotopic (exact) mass is 224 g/mol. The van der Waals surface area contributed by atoms with E-state index in [0.717, 1.165) is 19.5 Å². The average molecular weight is 224 g/mol. The van der Waals surface area contributed by atoms with Crippen LogP contribution >= 0.6 is 0 Å². The van der Waals surface area contributed by atoms with Gasteiger partial charge in [-0.05, 0) is 25.9 Å². The largest absolute Gasteiger partial charge is 0.316 e. The second-order valence-electron chi connectivity index (χ2n) is 4.48. The van der Waals surface area contributed by atoms with Gasteiger partial charge < -0.3 is 4.90 Å². The maximum Gasteiger partial charge on any atom is 0.316 e. The van der Waals surface area contributed by atoms with Crippen LogP contribution in [0.3, 0.4) is 0 Å². The van der Waals surface area contributed by atoms with E-state index >= 15 is 0 Å². The van der Waals surface area contributed by atoms with E-state index in [-0.39, 0.29) is 6.04 Å². The molecule has 0 spiro atoms. The van der Waals surface area contributed by atoms with E-state index in [0.29, 0.717) is 11.9 Å². The molecule has 0 saturated carbocycles. The Morgan fingerprint density at radius 2 is 1.94 bits per heavy atom. The summed E-state index contributed by atoms with van der Waals surface area (Å²) in [7, 11) is 2.08. The molecule has 0 aliphatic carbocycles. The molecule has 2 aliphatic heterocycles. The molecule has 6 heteroatoms. The molecule has 2 amide bonds. The zero-order chi connectivity index (χ0) is 11.7. The summed E-state index contributed by atoms with van der Waals surface area (Å²) in [6, 6.07) is 0.171. The molecule has 2 unspecified atom stereocenters. The van der Waals surface area contributed by atoms with Gasteiger partial charge in [0.2, 0.25) is 5.96 Å². The Balaban J connectivity index is 2.01. The number of amides is 2. The molecular formula is C10H16N4O2. The zero-order valence-corrected chi connectivity index (χ0v) is 9.49. The number of nitrogens with one attached hydrogen (secondary N) is 2. The lowest BCUT2D eigenvalue weighted by atomic mass is 9.95. The second-order valence-corrected chi connectivity index (χ2v) is 4.48. The predicted molar refractivity (Wildman–Crippen MR) is 58.8 cm³/mol. The number of likely N-dealkylation sites (tertiary alicyclic amines) is 1. The first-order chi connectivity index (χ1) is 7.56. The molecule has 2 aliphatic rings. The van der Waals surface area contributed by atoms with Crippen molar-refractivity contribution in [3.63, 3.8) is 0 Å². The minimum Gasteiger partial charge on any atom is -0.306 e. The van der Waals surface area contributed by atoms with Crippen molar-refractivity contribution in [2.24, 2.45) is 10.9 Å². The lowest BCUT2D eigenvalue weighted by Crippen LogP contribution is -2.40. The van der Waals surface area contributed by atoms with E-state index in [2.05, 4.69) is 34.5 Å². The van der Waals surface area contributed by atoms with Gasteiger partial charge in [-0.1, -0.05) is 6.92 Å². The van der Waals surface area contributed by atoms with Gasteiger partial charge in [0.05, 0.1) is 6.04 Å². The highest BCUT2D eigenvalue weighted by atomic mass is 16.2. The van der Waals surface area contributed by atoms with Crippen molar-refractivity contribution in [2.75, 3.05) is 20.1 Å². The maximum atomic E-state index is 10.9. The van der Waals surface area contributed by atoms with Gasteiger partial charge in [-0.3, -0.25) is 20.2 Å². The summed E-state index contributed by atoms with van der Waals surface area (Å²) in [5.41, 5.74) is 0. The highest BCUT2D eigenvalue weighted by molar-refractivity contribution is 6.45. The normalized spacial score (nSPS) is 31.2. The quantitative estimate of drug-likeness (QED) is 0.557. The van der Waals surface area contributed by atoms with Crippen LogP contribution in [0, 0.1) is 5.92 Å². The number of hydrogen-bond acceptors (Lipinski definition) is 4. The highest BCUT2D eigenvalue weighted by Gasteiger charge is 2.29. The fourth-order valence-corrected chi connectivity index (χ4v) is 2.12. The molecule has 0 aromatic heterocycles. The van der Waals surface area contributed by atoms with E-state index in [1.807, 2.05) is 0 Å². The topological polar surface area (TPSA) is 73.8 Å². The van der Waals surface area contributed by atoms with Gasteiger partial charge in [-0.15, -0.1) is 0 Å². The summed E-state index contributed by atoms with van der Waals surface area (Å²) in [6.07, 6.45) is 0.951. The molecule has 2 fully saturated rings. The number of rotatable bonds is 1. The van der Waals surface area contributed by atoms with Crippen LogP contribution in [0.5, 0.6) is 0 Å². The Bertz CT molecular complexity index is 335. The molecule has 0 aromatic rings. The van der Waals surface area contributed by atoms with E-state index in [1.54, 1.807) is 0 Å². The summed E-state index contributed by atoms with van der Waals surface area (Å²) in [5, 5.41) is 4.84. The van der Waals surface area contributed by atoms with Crippen molar-refractivity contribution in [2.45, 2.75) is 19.4 Å². The summed E-state index contributed by atoms with van der Waals surface area (Å²) in [4.78, 5) is 28.5. The maximum absolute atomic E-state index is 10.9. The van der Waals surface area contributed by atoms with Crippen LogP contribution in [0.1, 0.15) is 13.3 Å². The van der Waals surface area contributed by atoms with Crippen molar-refractivity contribution in [3.8, 4) is 0 Å². The van der Waals surface area contributed by atoms with Crippen molar-refractivity contribution >= 4 is 17.8 Å². The fraction of sp³-hybridized carbons (Fsp3) is 0.700. The van der Waals surface area contributed by atoms with E-state index in [1.165, 1.54) is 0 Å². The molecule has 2 rings (SSSR count). The van der Waals surface area contributed by atoms with Gasteiger partial charge in [0.25, 0.3) is 0 Å². The third-order valence-electron chi connectivity index (χ3n) is 3.03. The van der Waals surface area contributed by atoms with Gasteiger partial charge >= 0.3 is 11.8 Å². The van der Waals surface area contributed by atoms with Crippen molar-refractivity contribution in [1.29, 1.82) is 0 Å². The number of piperidine rings is 1. The zero-order valence-electron chi connectivity index (χ0n) is 9.49. The number of carbonyl (C=O) groups excluding carboxylic acids is 2. The molecular weight excluding hydrogens is 208 g/mol. The Morgan fingerprint density at radius 3 is 2.50 bits per heavy atom. The lowest BCUT2D eigenvalue weighted by molar-refractivity contribution is -0.135. The smallest absolute Gasteiger partial charge is 0.306 e. The van der Waals surface area contributed by atoms with Crippen LogP contribution < -0.4 is 10.6 Å². The van der Waals surface area contributed by atoms with Crippen molar-refractivity contribution < 1.29 is 9.59 Å². The minimum absolute atomic E-state index is 0.171. The van der Waals surface area contributed by atoms with E-state index in [9.17, 15) is 9.59 Å². The van der Waals surface area contributed by atoms with Crippen LogP contribution in [-0.4, -0.2) is 48.9 Å². The minimum atomic E-state index is -0.626. The second kappa shape index (κ2) is 4.21. The van der Waals surface area contributed by atoms with Crippen molar-refractivity contribution in [1.82, 2.24) is 15.5 Å². The molecule has 88 valence electrons. The SMILES string of the molecule is CC1CN(C)CCC1N=C1NC(=O)C(=O)N1. The Kier molecular flexibility index (Phi) is 2.91. The summed E-state index contributed by atoms with van der Waals surface area (Å²) >= 11 is 0. The summed E-state index contributed by atoms with van der Waals surface area (Å²) in [6.45, 7) is 4.11. The fourth-order valence-electron chi connectivity index (χ4n) is 2.12. The van der Waals surface area contributed by atoms with Crippen LogP contribution in [0.25, 0.3) is 0 Å². The Morgan fingerprint density at radius 1 is 1.31 bits per heavy atom. The highest BCUT2D eigenvalue weighted by Crippen LogP contribution is 2.18. The number of guanidine groups is 1. The third kappa shape index (κ3) is 2.21. The molecule has 16 heavy (non-hydrogen) atoms. The molecule has 2 saturated heterocycles. The first-order valence-electron chi connectivity index (χ1n) is 5.45. The van der Waals surface area contributed by atoms with Crippen LogP contribution in [0.2, 0.25) is 0 Å². The van der Waals surface area contributed by atoms with Crippen LogP contribution in [0.4, 0.5) is 0 Å². The Labute approximate surface area is 94.1 Å². The molecule has 6 nitrogen and oxygen atoms in total. The molecule has 0 bridgehead atoms. The van der Waals surface area contributed by atoms with Gasteiger partial charge in [0.1, 0.15) is 0 Å². The van der Waals surface area contributed by atoms with E-state index < -0.39 is 11.8 Å². The molecule has 2 N–H and O–H groups in total. The molecule has 0 aromatic carbocycles. The van der Waals surface area contributed by atoms with Gasteiger partial charge in [0, 0.05) is 6.54 Å². The van der Waals surface area contributed by atoms with Gasteiger partial charge in [-0.2, -0.15) is 0 Å². The third-order valence-corrected chi connectivity index (χ3v) is 3.03. The molecule has 2 heterocycles. The first-order valence-corrected chi connectivity index (χ1v) is 5.45. The lowest BCUT2D eigenvalue weighted by Gasteiger charge is -2.32. The van der Waals surface area contributed by atoms with Gasteiger partial charge in [0.15, 0.2) is 0 Å². The Hall–Kier alpha value is -1.43.